The van der Waals surface area contributed by atoms with Crippen LogP contribution in [-0.2, 0) is 6.18 Å². The summed E-state index contributed by atoms with van der Waals surface area (Å²) >= 11 is 0. The van der Waals surface area contributed by atoms with Crippen molar-refractivity contribution in [2.24, 2.45) is 0 Å². The molecule has 1 N–H and O–H groups in total. The molecule has 0 saturated carbocycles. The van der Waals surface area contributed by atoms with Crippen LogP contribution in [-0.4, -0.2) is 30.3 Å². The number of carbonyl (C=O) groups excluding carboxylic acids is 1. The summed E-state index contributed by atoms with van der Waals surface area (Å²) in [5.41, 5.74) is -1.85. The Morgan fingerprint density at radius 3 is 2.29 bits per heavy atom. The Hall–Kier alpha value is -3.89. The van der Waals surface area contributed by atoms with Gasteiger partial charge in [0.2, 0.25) is 5.69 Å². The normalized spacial score (nSPS) is 11.0. The van der Waals surface area contributed by atoms with Gasteiger partial charge in [0.05, 0.1) is 14.2 Å². The number of anilines is 1. The quantitative estimate of drug-likeness (QED) is 0.563. The molecule has 7 nitrogen and oxygen atoms in total. The fourth-order valence-electron chi connectivity index (χ4n) is 2.61. The molecule has 0 spiro atoms. The smallest absolute Gasteiger partial charge is 0.438 e. The van der Waals surface area contributed by atoms with Crippen LogP contribution in [0, 0.1) is 5.82 Å². The Kier molecular flexibility index (Phi) is 6.23. The number of aromatic nitrogens is 2. The molecular weight excluding hydrogens is 422 g/mol. The van der Waals surface area contributed by atoms with Crippen molar-refractivity contribution in [2.45, 2.75) is 6.18 Å². The van der Waals surface area contributed by atoms with Crippen LogP contribution >= 0.6 is 0 Å². The molecule has 0 radical (unpaired) electrons. The van der Waals surface area contributed by atoms with Gasteiger partial charge in [-0.05, 0) is 24.3 Å². The van der Waals surface area contributed by atoms with Crippen molar-refractivity contribution in [3.05, 3.63) is 65.6 Å². The number of rotatable bonds is 6. The Labute approximate surface area is 173 Å². The second kappa shape index (κ2) is 8.86. The molecule has 1 amide bonds. The summed E-state index contributed by atoms with van der Waals surface area (Å²) in [5.74, 6) is -3.28. The summed E-state index contributed by atoms with van der Waals surface area (Å²) in [6, 6.07) is 11.2. The molecule has 0 aliphatic heterocycles. The van der Waals surface area contributed by atoms with Gasteiger partial charge in [-0.15, -0.1) is 10.2 Å². The minimum Gasteiger partial charge on any atom is -0.493 e. The molecule has 31 heavy (non-hydrogen) atoms. The number of para-hydroxylation sites is 1. The maximum Gasteiger partial charge on any atom is 0.438 e. The van der Waals surface area contributed by atoms with Crippen molar-refractivity contribution < 1.29 is 36.6 Å². The molecule has 3 rings (SSSR count). The van der Waals surface area contributed by atoms with Crippen LogP contribution in [0.3, 0.4) is 0 Å². The number of nitrogens with zero attached hydrogens (tertiary/aromatic N) is 2. The van der Waals surface area contributed by atoms with Crippen molar-refractivity contribution in [1.82, 2.24) is 10.2 Å². The first kappa shape index (κ1) is 21.8. The minimum absolute atomic E-state index is 0.0740. The summed E-state index contributed by atoms with van der Waals surface area (Å²) in [6.07, 6.45) is -4.95. The van der Waals surface area contributed by atoms with Crippen LogP contribution in [0.5, 0.6) is 23.1 Å². The van der Waals surface area contributed by atoms with Gasteiger partial charge in [0.25, 0.3) is 11.8 Å². The molecule has 0 saturated heterocycles. The zero-order valence-electron chi connectivity index (χ0n) is 16.2. The lowest BCUT2D eigenvalue weighted by atomic mass is 10.2. The zero-order valence-corrected chi connectivity index (χ0v) is 16.2. The molecule has 0 atom stereocenters. The number of benzene rings is 2. The molecule has 0 aliphatic rings. The summed E-state index contributed by atoms with van der Waals surface area (Å²) in [5, 5.41) is 9.00. The van der Waals surface area contributed by atoms with E-state index in [1.54, 1.807) is 18.2 Å². The van der Waals surface area contributed by atoms with E-state index in [4.69, 9.17) is 14.2 Å². The van der Waals surface area contributed by atoms with Gasteiger partial charge in [-0.3, -0.25) is 4.79 Å². The van der Waals surface area contributed by atoms with E-state index in [2.05, 4.69) is 15.5 Å². The zero-order chi connectivity index (χ0) is 22.6. The van der Waals surface area contributed by atoms with Gasteiger partial charge in [0.15, 0.2) is 17.2 Å². The average Bonchev–Trinajstić information content (AvgIpc) is 2.74. The number of alkyl halides is 3. The van der Waals surface area contributed by atoms with Gasteiger partial charge in [-0.1, -0.05) is 18.2 Å². The van der Waals surface area contributed by atoms with Gasteiger partial charge in [0.1, 0.15) is 11.4 Å². The number of ether oxygens (including phenoxy) is 3. The van der Waals surface area contributed by atoms with Crippen LogP contribution in [0.1, 0.15) is 16.1 Å². The molecular formula is C20H15F4N3O4. The van der Waals surface area contributed by atoms with E-state index in [1.165, 1.54) is 25.3 Å². The Balaban J connectivity index is 2.13. The molecule has 1 heterocycles. The maximum absolute atomic E-state index is 13.5. The molecule has 3 aromatic rings. The van der Waals surface area contributed by atoms with Gasteiger partial charge in [-0.2, -0.15) is 13.2 Å². The lowest BCUT2D eigenvalue weighted by Crippen LogP contribution is -2.20. The predicted octanol–water partition coefficient (Wildman–Crippen LogP) is 4.70. The molecule has 162 valence electrons. The SMILES string of the molecule is COc1cc(F)ccc1Oc1nnc(C(F)(F)F)c(OC)c1C(=O)Nc1ccccc1. The summed E-state index contributed by atoms with van der Waals surface area (Å²) in [7, 11) is 2.19. The maximum atomic E-state index is 13.5. The lowest BCUT2D eigenvalue weighted by Gasteiger charge is -2.17. The van der Waals surface area contributed by atoms with Crippen LogP contribution in [0.4, 0.5) is 23.2 Å². The number of hydrogen-bond acceptors (Lipinski definition) is 6. The number of halogens is 4. The Morgan fingerprint density at radius 1 is 0.968 bits per heavy atom. The van der Waals surface area contributed by atoms with E-state index >= 15 is 0 Å². The van der Waals surface area contributed by atoms with E-state index in [0.29, 0.717) is 5.69 Å². The Morgan fingerprint density at radius 2 is 1.68 bits per heavy atom. The molecule has 2 aromatic carbocycles. The highest BCUT2D eigenvalue weighted by molar-refractivity contribution is 6.08. The van der Waals surface area contributed by atoms with Gasteiger partial charge >= 0.3 is 6.18 Å². The van der Waals surface area contributed by atoms with Gasteiger partial charge < -0.3 is 19.5 Å². The fourth-order valence-corrected chi connectivity index (χ4v) is 2.61. The molecule has 0 aliphatic carbocycles. The molecule has 1 aromatic heterocycles. The highest BCUT2D eigenvalue weighted by atomic mass is 19.4. The predicted molar refractivity (Wildman–Crippen MR) is 101 cm³/mol. The second-order valence-corrected chi connectivity index (χ2v) is 5.98. The first-order chi connectivity index (χ1) is 14.7. The van der Waals surface area contributed by atoms with E-state index in [1.807, 2.05) is 0 Å². The third-order valence-electron chi connectivity index (χ3n) is 3.96. The molecule has 0 fully saturated rings. The number of hydrogen-bond donors (Lipinski definition) is 1. The van der Waals surface area contributed by atoms with Gasteiger partial charge in [-0.25, -0.2) is 4.39 Å². The lowest BCUT2D eigenvalue weighted by molar-refractivity contribution is -0.143. The van der Waals surface area contributed by atoms with E-state index in [9.17, 15) is 22.4 Å². The van der Waals surface area contributed by atoms with Crippen molar-refractivity contribution in [1.29, 1.82) is 0 Å². The van der Waals surface area contributed by atoms with Crippen LogP contribution in [0.15, 0.2) is 48.5 Å². The summed E-state index contributed by atoms with van der Waals surface area (Å²) in [4.78, 5) is 12.9. The highest BCUT2D eigenvalue weighted by Gasteiger charge is 2.41. The number of methoxy groups -OCH3 is 2. The van der Waals surface area contributed by atoms with Gasteiger partial charge in [0, 0.05) is 11.8 Å². The topological polar surface area (TPSA) is 82.6 Å². The number of carbonyl (C=O) groups is 1. The fraction of sp³-hybridized carbons (Fsp3) is 0.150. The van der Waals surface area contributed by atoms with Crippen LogP contribution in [0.2, 0.25) is 0 Å². The largest absolute Gasteiger partial charge is 0.493 e. The minimum atomic E-state index is -4.95. The molecule has 0 bridgehead atoms. The summed E-state index contributed by atoms with van der Waals surface area (Å²) in [6.45, 7) is 0. The van der Waals surface area contributed by atoms with Crippen LogP contribution in [0.25, 0.3) is 0 Å². The summed E-state index contributed by atoms with van der Waals surface area (Å²) < 4.78 is 69.0. The average molecular weight is 437 g/mol. The molecule has 11 heteroatoms. The second-order valence-electron chi connectivity index (χ2n) is 5.98. The van der Waals surface area contributed by atoms with Crippen molar-refractivity contribution in [2.75, 3.05) is 19.5 Å². The van der Waals surface area contributed by atoms with Crippen molar-refractivity contribution >= 4 is 11.6 Å². The number of amides is 1. The standard InChI is InChI=1S/C20H15F4N3O4/c1-29-14-10-11(21)8-9-13(14)31-19-15(18(28)25-12-6-4-3-5-7-12)16(30-2)17(26-27-19)20(22,23)24/h3-10H,1-2H3,(H,25,28). The monoisotopic (exact) mass is 437 g/mol. The van der Waals surface area contributed by atoms with Crippen molar-refractivity contribution in [3.8, 4) is 23.1 Å². The first-order valence-corrected chi connectivity index (χ1v) is 8.64. The third-order valence-corrected chi connectivity index (χ3v) is 3.96. The van der Waals surface area contributed by atoms with Crippen LogP contribution < -0.4 is 19.5 Å². The van der Waals surface area contributed by atoms with E-state index in [-0.39, 0.29) is 11.5 Å². The Bertz CT molecular complexity index is 1090. The number of nitrogens with one attached hydrogen (secondary N) is 1. The highest BCUT2D eigenvalue weighted by Crippen LogP contribution is 2.41. The van der Waals surface area contributed by atoms with Crippen molar-refractivity contribution in [3.63, 3.8) is 0 Å². The first-order valence-electron chi connectivity index (χ1n) is 8.64. The van der Waals surface area contributed by atoms with E-state index < -0.39 is 40.8 Å². The molecule has 0 unspecified atom stereocenters. The van der Waals surface area contributed by atoms with E-state index in [0.717, 1.165) is 19.2 Å². The third kappa shape index (κ3) is 4.82.